The Hall–Kier alpha value is -1.88. The second-order valence-electron chi connectivity index (χ2n) is 4.94. The molecule has 0 aliphatic heterocycles. The highest BCUT2D eigenvalue weighted by atomic mass is 16.3. The average molecular weight is 261 g/mol. The first-order chi connectivity index (χ1) is 9.02. The Balaban J connectivity index is 2.20. The van der Waals surface area contributed by atoms with Crippen LogP contribution in [-0.2, 0) is 0 Å². The molecule has 0 saturated carbocycles. The monoisotopic (exact) mass is 261 g/mol. The number of aromatic nitrogens is 2. The number of hydrogen-bond acceptors (Lipinski definition) is 3. The number of imidazole rings is 1. The van der Waals surface area contributed by atoms with E-state index in [2.05, 4.69) is 10.3 Å². The average Bonchev–Trinajstić information content (AvgIpc) is 2.83. The molecule has 2 N–H and O–H groups in total. The molecule has 19 heavy (non-hydrogen) atoms. The molecular formula is C14H19N3O2. The molecule has 2 heterocycles. The van der Waals surface area contributed by atoms with Crippen LogP contribution < -0.4 is 5.32 Å². The molecule has 2 atom stereocenters. The van der Waals surface area contributed by atoms with Crippen molar-refractivity contribution in [3.05, 3.63) is 35.8 Å². The molecule has 2 aromatic rings. The smallest absolute Gasteiger partial charge is 0.271 e. The second-order valence-corrected chi connectivity index (χ2v) is 4.94. The molecule has 2 unspecified atom stereocenters. The molecule has 5 nitrogen and oxygen atoms in total. The van der Waals surface area contributed by atoms with Crippen LogP contribution in [0, 0.1) is 12.8 Å². The molecule has 0 aliphatic rings. The maximum Gasteiger partial charge on any atom is 0.271 e. The van der Waals surface area contributed by atoms with Gasteiger partial charge in [0.15, 0.2) is 0 Å². The van der Waals surface area contributed by atoms with Gasteiger partial charge in [-0.15, -0.1) is 0 Å². The number of carbonyl (C=O) groups is 1. The summed E-state index contributed by atoms with van der Waals surface area (Å²) in [5, 5.41) is 11.9. The van der Waals surface area contributed by atoms with Crippen LogP contribution in [-0.4, -0.2) is 33.0 Å². The quantitative estimate of drug-likeness (QED) is 0.874. The van der Waals surface area contributed by atoms with Crippen molar-refractivity contribution in [1.29, 1.82) is 0 Å². The Labute approximate surface area is 112 Å². The zero-order valence-electron chi connectivity index (χ0n) is 11.4. The summed E-state index contributed by atoms with van der Waals surface area (Å²) in [6, 6.07) is 5.65. The van der Waals surface area contributed by atoms with Crippen LogP contribution in [0.4, 0.5) is 0 Å². The zero-order valence-corrected chi connectivity index (χ0v) is 11.4. The Bertz CT molecular complexity index is 591. The van der Waals surface area contributed by atoms with Crippen molar-refractivity contribution < 1.29 is 9.90 Å². The van der Waals surface area contributed by atoms with Crippen LogP contribution in [0.25, 0.3) is 5.65 Å². The van der Waals surface area contributed by atoms with E-state index in [1.165, 1.54) is 0 Å². The van der Waals surface area contributed by atoms with Gasteiger partial charge in [0.05, 0.1) is 0 Å². The molecule has 0 radical (unpaired) electrons. The molecule has 102 valence electrons. The minimum atomic E-state index is -0.212. The van der Waals surface area contributed by atoms with E-state index < -0.39 is 0 Å². The van der Waals surface area contributed by atoms with Gasteiger partial charge in [-0.3, -0.25) is 4.79 Å². The Morgan fingerprint density at radius 3 is 2.84 bits per heavy atom. The van der Waals surface area contributed by atoms with E-state index in [9.17, 15) is 4.79 Å². The molecular weight excluding hydrogens is 242 g/mol. The highest BCUT2D eigenvalue weighted by Crippen LogP contribution is 2.09. The minimum absolute atomic E-state index is 0.0164. The first-order valence-electron chi connectivity index (χ1n) is 6.39. The van der Waals surface area contributed by atoms with Crippen molar-refractivity contribution in [1.82, 2.24) is 14.7 Å². The summed E-state index contributed by atoms with van der Waals surface area (Å²) in [4.78, 5) is 16.4. The summed E-state index contributed by atoms with van der Waals surface area (Å²) >= 11 is 0. The standard InChI is InChI=1S/C14H19N3O2/c1-9(8-18)11(3)15-14(19)12-7-17-10(2)5-4-6-13(17)16-12/h4-7,9,11,18H,8H2,1-3H3,(H,15,19). The lowest BCUT2D eigenvalue weighted by atomic mass is 10.1. The molecule has 0 saturated heterocycles. The first kappa shape index (κ1) is 13.5. The number of nitrogens with one attached hydrogen (secondary N) is 1. The largest absolute Gasteiger partial charge is 0.396 e. The Morgan fingerprint density at radius 1 is 1.47 bits per heavy atom. The predicted octanol–water partition coefficient (Wildman–Crippen LogP) is 1.39. The number of nitrogens with zero attached hydrogens (tertiary/aromatic N) is 2. The normalized spacial score (nSPS) is 14.3. The molecule has 1 amide bonds. The van der Waals surface area contributed by atoms with Gasteiger partial charge in [0.1, 0.15) is 11.3 Å². The molecule has 0 aliphatic carbocycles. The van der Waals surface area contributed by atoms with E-state index in [1.54, 1.807) is 6.20 Å². The third-order valence-electron chi connectivity index (χ3n) is 3.43. The molecule has 5 heteroatoms. The summed E-state index contributed by atoms with van der Waals surface area (Å²) in [6.07, 6.45) is 1.73. The number of hydrogen-bond donors (Lipinski definition) is 2. The summed E-state index contributed by atoms with van der Waals surface area (Å²) in [5.74, 6) is -0.196. The van der Waals surface area contributed by atoms with Crippen molar-refractivity contribution in [2.45, 2.75) is 26.8 Å². The van der Waals surface area contributed by atoms with Gasteiger partial charge in [-0.25, -0.2) is 4.98 Å². The summed E-state index contributed by atoms with van der Waals surface area (Å²) in [7, 11) is 0. The zero-order chi connectivity index (χ0) is 14.0. The third kappa shape index (κ3) is 2.76. The van der Waals surface area contributed by atoms with Crippen LogP contribution in [0.5, 0.6) is 0 Å². The Kier molecular flexibility index (Phi) is 3.85. The Morgan fingerprint density at radius 2 is 2.21 bits per heavy atom. The van der Waals surface area contributed by atoms with E-state index in [1.807, 2.05) is 43.4 Å². The van der Waals surface area contributed by atoms with Gasteiger partial charge in [0, 0.05) is 24.5 Å². The number of aliphatic hydroxyl groups excluding tert-OH is 1. The van der Waals surface area contributed by atoms with Crippen molar-refractivity contribution in [2.75, 3.05) is 6.61 Å². The topological polar surface area (TPSA) is 66.6 Å². The van der Waals surface area contributed by atoms with Crippen molar-refractivity contribution in [3.63, 3.8) is 0 Å². The van der Waals surface area contributed by atoms with Gasteiger partial charge in [0.25, 0.3) is 5.91 Å². The summed E-state index contributed by atoms with van der Waals surface area (Å²) in [5.41, 5.74) is 2.18. The fraction of sp³-hybridized carbons (Fsp3) is 0.429. The van der Waals surface area contributed by atoms with Gasteiger partial charge >= 0.3 is 0 Å². The van der Waals surface area contributed by atoms with Crippen LogP contribution >= 0.6 is 0 Å². The fourth-order valence-electron chi connectivity index (χ4n) is 1.84. The lowest BCUT2D eigenvalue weighted by Gasteiger charge is -2.18. The molecule has 2 aromatic heterocycles. The highest BCUT2D eigenvalue weighted by molar-refractivity contribution is 5.93. The van der Waals surface area contributed by atoms with Crippen LogP contribution in [0.1, 0.15) is 30.0 Å². The lowest BCUT2D eigenvalue weighted by molar-refractivity contribution is 0.0912. The van der Waals surface area contributed by atoms with Crippen molar-refractivity contribution >= 4 is 11.6 Å². The molecule has 0 bridgehead atoms. The number of aryl methyl sites for hydroxylation is 1. The molecule has 0 aromatic carbocycles. The van der Waals surface area contributed by atoms with E-state index in [4.69, 9.17) is 5.11 Å². The van der Waals surface area contributed by atoms with Crippen molar-refractivity contribution in [3.8, 4) is 0 Å². The fourth-order valence-corrected chi connectivity index (χ4v) is 1.84. The maximum absolute atomic E-state index is 12.1. The van der Waals surface area contributed by atoms with Gasteiger partial charge in [-0.2, -0.15) is 0 Å². The van der Waals surface area contributed by atoms with E-state index in [0.29, 0.717) is 5.69 Å². The van der Waals surface area contributed by atoms with Crippen LogP contribution in [0.2, 0.25) is 0 Å². The summed E-state index contributed by atoms with van der Waals surface area (Å²) in [6.45, 7) is 5.77. The highest BCUT2D eigenvalue weighted by Gasteiger charge is 2.17. The predicted molar refractivity (Wildman–Crippen MR) is 73.1 cm³/mol. The van der Waals surface area contributed by atoms with Gasteiger partial charge in [0.2, 0.25) is 0 Å². The van der Waals surface area contributed by atoms with Crippen LogP contribution in [0.3, 0.4) is 0 Å². The first-order valence-corrected chi connectivity index (χ1v) is 6.39. The van der Waals surface area contributed by atoms with Crippen LogP contribution in [0.15, 0.2) is 24.4 Å². The van der Waals surface area contributed by atoms with Gasteiger partial charge in [-0.1, -0.05) is 13.0 Å². The number of aliphatic hydroxyl groups is 1. The minimum Gasteiger partial charge on any atom is -0.396 e. The maximum atomic E-state index is 12.1. The van der Waals surface area contributed by atoms with E-state index in [-0.39, 0.29) is 24.5 Å². The molecule has 0 fully saturated rings. The van der Waals surface area contributed by atoms with E-state index >= 15 is 0 Å². The summed E-state index contributed by atoms with van der Waals surface area (Å²) < 4.78 is 1.88. The molecule has 2 rings (SSSR count). The number of carbonyl (C=O) groups excluding carboxylic acids is 1. The number of pyridine rings is 1. The SMILES string of the molecule is Cc1cccc2nc(C(=O)NC(C)C(C)CO)cn12. The lowest BCUT2D eigenvalue weighted by Crippen LogP contribution is -2.38. The van der Waals surface area contributed by atoms with E-state index in [0.717, 1.165) is 11.3 Å². The van der Waals surface area contributed by atoms with Crippen molar-refractivity contribution in [2.24, 2.45) is 5.92 Å². The second kappa shape index (κ2) is 5.40. The number of fused-ring (bicyclic) bond motifs is 1. The van der Waals surface area contributed by atoms with Gasteiger partial charge < -0.3 is 14.8 Å². The molecule has 0 spiro atoms. The number of amides is 1. The number of rotatable bonds is 4. The third-order valence-corrected chi connectivity index (χ3v) is 3.43. The van der Waals surface area contributed by atoms with Gasteiger partial charge in [-0.05, 0) is 31.9 Å².